The van der Waals surface area contributed by atoms with Crippen LogP contribution in [-0.4, -0.2) is 40.8 Å². The van der Waals surface area contributed by atoms with Crippen molar-refractivity contribution < 1.29 is 0 Å². The maximum Gasteiger partial charge on any atom is 0.280 e. The summed E-state index contributed by atoms with van der Waals surface area (Å²) in [6, 6.07) is 0. The molecule has 0 aliphatic carbocycles. The molecule has 0 aromatic rings. The van der Waals surface area contributed by atoms with E-state index in [9.17, 15) is 0 Å². The minimum Gasteiger partial charge on any atom is -0.316 e. The Bertz CT molecular complexity index is 93.0. The van der Waals surface area contributed by atoms with E-state index < -0.39 is 8.56 Å². The quantitative estimate of drug-likeness (QED) is 0.566. The van der Waals surface area contributed by atoms with Gasteiger partial charge in [-0.05, 0) is 34.2 Å². The third-order valence-electron chi connectivity index (χ3n) is 2.21. The molecule has 4 heteroatoms. The molecular weight excluding hydrogens is 142 g/mol. The van der Waals surface area contributed by atoms with Gasteiger partial charge in [-0.15, -0.1) is 0 Å². The van der Waals surface area contributed by atoms with Crippen LogP contribution in [0.5, 0.6) is 0 Å². The minimum absolute atomic E-state index is 1.09. The van der Waals surface area contributed by atoms with E-state index in [4.69, 9.17) is 0 Å². The predicted octanol–water partition coefficient (Wildman–Crippen LogP) is -0.0544. The van der Waals surface area contributed by atoms with Crippen molar-refractivity contribution in [2.24, 2.45) is 0 Å². The lowest BCUT2D eigenvalue weighted by atomic mass is 10.8. The Labute approximate surface area is 65.0 Å². The van der Waals surface area contributed by atoms with Gasteiger partial charge in [0.15, 0.2) is 0 Å². The number of hydrogen-bond donors (Lipinski definition) is 2. The summed E-state index contributed by atoms with van der Waals surface area (Å²) in [6.45, 7) is 5.50. The molecule has 2 N–H and O–H groups in total. The molecule has 0 aliphatic rings. The van der Waals surface area contributed by atoms with Gasteiger partial charge in [0.25, 0.3) is 8.56 Å². The first-order chi connectivity index (χ1) is 4.60. The van der Waals surface area contributed by atoms with Crippen LogP contribution in [0.3, 0.4) is 0 Å². The molecule has 0 fully saturated rings. The van der Waals surface area contributed by atoms with Crippen LogP contribution in [-0.2, 0) is 0 Å². The second-order valence-corrected chi connectivity index (χ2v) is 6.49. The predicted molar refractivity (Wildman–Crippen MR) is 48.0 cm³/mol. The van der Waals surface area contributed by atoms with Gasteiger partial charge in [-0.2, -0.15) is 0 Å². The summed E-state index contributed by atoms with van der Waals surface area (Å²) >= 11 is 0. The van der Waals surface area contributed by atoms with E-state index in [-0.39, 0.29) is 0 Å². The number of nitrogens with zero attached hydrogens (tertiary/aromatic N) is 1. The standard InChI is InChI=1S/C6H19N3Si/c1-6-9(4)10(5,7-2)8-3/h7-8H,6H2,1-5H3. The van der Waals surface area contributed by atoms with E-state index in [0.29, 0.717) is 0 Å². The molecule has 0 saturated heterocycles. The van der Waals surface area contributed by atoms with Crippen molar-refractivity contribution >= 4 is 8.56 Å². The van der Waals surface area contributed by atoms with Crippen molar-refractivity contribution in [3.63, 3.8) is 0 Å². The first kappa shape index (κ1) is 10.1. The average molecular weight is 161 g/mol. The summed E-state index contributed by atoms with van der Waals surface area (Å²) in [4.78, 5) is 6.66. The maximum absolute atomic E-state index is 3.33. The van der Waals surface area contributed by atoms with Gasteiger partial charge in [-0.25, -0.2) is 0 Å². The molecule has 0 bridgehead atoms. The molecule has 0 aliphatic heterocycles. The van der Waals surface area contributed by atoms with Crippen molar-refractivity contribution in [1.29, 1.82) is 0 Å². The molecule has 0 heterocycles. The van der Waals surface area contributed by atoms with Crippen molar-refractivity contribution in [3.8, 4) is 0 Å². The van der Waals surface area contributed by atoms with E-state index >= 15 is 0 Å². The van der Waals surface area contributed by atoms with Crippen LogP contribution < -0.4 is 9.96 Å². The molecule has 62 valence electrons. The van der Waals surface area contributed by atoms with Gasteiger partial charge in [0.05, 0.1) is 0 Å². The fourth-order valence-corrected chi connectivity index (χ4v) is 2.47. The van der Waals surface area contributed by atoms with Crippen LogP contribution >= 0.6 is 0 Å². The topological polar surface area (TPSA) is 27.3 Å². The van der Waals surface area contributed by atoms with Crippen molar-refractivity contribution in [2.75, 3.05) is 27.7 Å². The van der Waals surface area contributed by atoms with E-state index in [1.54, 1.807) is 0 Å². The fraction of sp³-hybridized carbons (Fsp3) is 1.00. The Kier molecular flexibility index (Phi) is 4.11. The van der Waals surface area contributed by atoms with Gasteiger partial charge in [0.2, 0.25) is 0 Å². The third-order valence-corrected chi connectivity index (χ3v) is 6.00. The van der Waals surface area contributed by atoms with Crippen LogP contribution in [0, 0.1) is 0 Å². The molecule has 0 radical (unpaired) electrons. The van der Waals surface area contributed by atoms with E-state index in [1.165, 1.54) is 0 Å². The second kappa shape index (κ2) is 4.08. The lowest BCUT2D eigenvalue weighted by Gasteiger charge is -2.34. The highest BCUT2D eigenvalue weighted by molar-refractivity contribution is 6.70. The second-order valence-electron chi connectivity index (χ2n) is 2.59. The Morgan fingerprint density at radius 2 is 1.70 bits per heavy atom. The highest BCUT2D eigenvalue weighted by Gasteiger charge is 2.28. The summed E-state index contributed by atoms with van der Waals surface area (Å²) in [5.41, 5.74) is 0. The van der Waals surface area contributed by atoms with Crippen molar-refractivity contribution in [2.45, 2.75) is 13.5 Å². The molecule has 0 aromatic heterocycles. The zero-order valence-corrected chi connectivity index (χ0v) is 8.65. The van der Waals surface area contributed by atoms with E-state index in [1.807, 2.05) is 14.1 Å². The van der Waals surface area contributed by atoms with Crippen LogP contribution in [0.1, 0.15) is 6.92 Å². The molecule has 10 heavy (non-hydrogen) atoms. The molecule has 0 unspecified atom stereocenters. The fourth-order valence-electron chi connectivity index (χ4n) is 0.823. The van der Waals surface area contributed by atoms with Crippen LogP contribution in [0.15, 0.2) is 0 Å². The molecule has 0 spiro atoms. The molecule has 3 nitrogen and oxygen atoms in total. The maximum atomic E-state index is 3.33. The Hall–Kier alpha value is 0.0969. The molecule has 0 rings (SSSR count). The first-order valence-electron chi connectivity index (χ1n) is 3.69. The van der Waals surface area contributed by atoms with E-state index in [2.05, 4.69) is 35.0 Å². The van der Waals surface area contributed by atoms with Gasteiger partial charge in [0.1, 0.15) is 0 Å². The Morgan fingerprint density at radius 1 is 1.30 bits per heavy atom. The molecular formula is C6H19N3Si. The highest BCUT2D eigenvalue weighted by Crippen LogP contribution is 1.96. The van der Waals surface area contributed by atoms with Gasteiger partial charge in [-0.3, -0.25) is 0 Å². The zero-order valence-electron chi connectivity index (χ0n) is 7.65. The van der Waals surface area contributed by atoms with Crippen LogP contribution in [0.2, 0.25) is 6.55 Å². The van der Waals surface area contributed by atoms with Crippen LogP contribution in [0.4, 0.5) is 0 Å². The minimum atomic E-state index is -1.47. The number of hydrogen-bond acceptors (Lipinski definition) is 3. The van der Waals surface area contributed by atoms with Gasteiger partial charge in [-0.1, -0.05) is 6.92 Å². The van der Waals surface area contributed by atoms with E-state index in [0.717, 1.165) is 6.54 Å². The van der Waals surface area contributed by atoms with Crippen molar-refractivity contribution in [3.05, 3.63) is 0 Å². The number of rotatable bonds is 4. The highest BCUT2D eigenvalue weighted by atomic mass is 28.4. The van der Waals surface area contributed by atoms with Crippen LogP contribution in [0.25, 0.3) is 0 Å². The molecule has 0 saturated carbocycles. The Morgan fingerprint density at radius 3 is 1.80 bits per heavy atom. The number of nitrogens with one attached hydrogen (secondary N) is 2. The zero-order chi connectivity index (χ0) is 8.20. The summed E-state index contributed by atoms with van der Waals surface area (Å²) in [7, 11) is 4.69. The largest absolute Gasteiger partial charge is 0.316 e. The lowest BCUT2D eigenvalue weighted by Crippen LogP contribution is -2.68. The summed E-state index contributed by atoms with van der Waals surface area (Å²) < 4.78 is 2.34. The molecule has 0 amide bonds. The SMILES string of the molecule is CCN(C)[Si](C)(NC)NC. The smallest absolute Gasteiger partial charge is 0.280 e. The summed E-state index contributed by atoms with van der Waals surface area (Å²) in [5, 5.41) is 0. The van der Waals surface area contributed by atoms with Gasteiger partial charge >= 0.3 is 0 Å². The first-order valence-corrected chi connectivity index (χ1v) is 6.14. The van der Waals surface area contributed by atoms with Gasteiger partial charge < -0.3 is 14.5 Å². The average Bonchev–Trinajstić information content (AvgIpc) is 2.01. The Balaban J connectivity index is 4.02. The van der Waals surface area contributed by atoms with Crippen molar-refractivity contribution in [1.82, 2.24) is 14.5 Å². The summed E-state index contributed by atoms with van der Waals surface area (Å²) in [6.07, 6.45) is 0. The third kappa shape index (κ3) is 2.05. The molecule has 0 aromatic carbocycles. The lowest BCUT2D eigenvalue weighted by molar-refractivity contribution is 0.506. The normalized spacial score (nSPS) is 12.6. The monoisotopic (exact) mass is 161 g/mol. The molecule has 0 atom stereocenters. The summed E-state index contributed by atoms with van der Waals surface area (Å²) in [5.74, 6) is 0. The van der Waals surface area contributed by atoms with Gasteiger partial charge in [0, 0.05) is 0 Å².